The summed E-state index contributed by atoms with van der Waals surface area (Å²) in [5.41, 5.74) is 1.54. The molecule has 152 valence electrons. The van der Waals surface area contributed by atoms with E-state index in [-0.39, 0.29) is 17.3 Å². The number of urea groups is 1. The third-order valence-electron chi connectivity index (χ3n) is 5.62. The van der Waals surface area contributed by atoms with Crippen molar-refractivity contribution < 1.29 is 19.1 Å². The number of rotatable bonds is 4. The van der Waals surface area contributed by atoms with E-state index >= 15 is 0 Å². The van der Waals surface area contributed by atoms with Crippen LogP contribution in [0.1, 0.15) is 10.9 Å². The van der Waals surface area contributed by atoms with Crippen molar-refractivity contribution in [2.45, 2.75) is 11.4 Å². The smallest absolute Gasteiger partial charge is 0.333 e. The summed E-state index contributed by atoms with van der Waals surface area (Å²) in [6.45, 7) is 0. The third-order valence-corrected chi connectivity index (χ3v) is 6.94. The number of nitrogens with zero attached hydrogens (tertiary/aromatic N) is 2. The molecule has 0 aromatic heterocycles. The van der Waals surface area contributed by atoms with E-state index in [1.807, 2.05) is 60.7 Å². The number of benzene rings is 3. The molecule has 3 aromatic rings. The molecule has 2 fully saturated rings. The van der Waals surface area contributed by atoms with E-state index < -0.39 is 6.04 Å². The van der Waals surface area contributed by atoms with Crippen molar-refractivity contribution in [2.24, 2.45) is 0 Å². The molecule has 3 aromatic carbocycles. The predicted octanol–water partition coefficient (Wildman–Crippen LogP) is 4.44. The van der Waals surface area contributed by atoms with Gasteiger partial charge in [-0.05, 0) is 29.1 Å². The van der Waals surface area contributed by atoms with E-state index in [2.05, 4.69) is 0 Å². The Morgan fingerprint density at radius 1 is 0.933 bits per heavy atom. The number of amides is 3. The van der Waals surface area contributed by atoms with Crippen LogP contribution in [0.4, 0.5) is 10.5 Å². The van der Waals surface area contributed by atoms with Crippen LogP contribution in [0.15, 0.2) is 60.7 Å². The van der Waals surface area contributed by atoms with Crippen LogP contribution in [0.5, 0.6) is 11.5 Å². The van der Waals surface area contributed by atoms with Crippen LogP contribution in [0, 0.1) is 0 Å². The van der Waals surface area contributed by atoms with Gasteiger partial charge in [0.25, 0.3) is 5.91 Å². The molecule has 0 aliphatic carbocycles. The number of imide groups is 1. The van der Waals surface area contributed by atoms with Crippen LogP contribution >= 0.6 is 11.8 Å². The average Bonchev–Trinajstić information content (AvgIpc) is 3.33. The monoisotopic (exact) mass is 420 g/mol. The van der Waals surface area contributed by atoms with Crippen molar-refractivity contribution in [2.75, 3.05) is 24.9 Å². The number of carbonyl (C=O) groups excluding carboxylic acids is 2. The molecule has 3 amide bonds. The first-order valence-corrected chi connectivity index (χ1v) is 10.7. The second-order valence-corrected chi connectivity index (χ2v) is 8.29. The van der Waals surface area contributed by atoms with Crippen LogP contribution in [0.25, 0.3) is 10.8 Å². The number of methoxy groups -OCH3 is 2. The minimum atomic E-state index is -0.473. The van der Waals surface area contributed by atoms with Gasteiger partial charge in [-0.3, -0.25) is 9.69 Å². The Labute approximate surface area is 178 Å². The molecule has 0 bridgehead atoms. The molecule has 0 saturated carbocycles. The minimum Gasteiger partial charge on any atom is -0.493 e. The summed E-state index contributed by atoms with van der Waals surface area (Å²) in [5.74, 6) is 1.61. The van der Waals surface area contributed by atoms with Gasteiger partial charge in [0.1, 0.15) is 11.4 Å². The summed E-state index contributed by atoms with van der Waals surface area (Å²) in [4.78, 5) is 29.7. The lowest BCUT2D eigenvalue weighted by Crippen LogP contribution is -2.34. The molecule has 0 radical (unpaired) electrons. The van der Waals surface area contributed by atoms with Gasteiger partial charge in [0, 0.05) is 11.1 Å². The largest absolute Gasteiger partial charge is 0.493 e. The number of ether oxygens (including phenoxy) is 2. The maximum absolute atomic E-state index is 13.5. The van der Waals surface area contributed by atoms with E-state index in [1.54, 1.807) is 30.9 Å². The average molecular weight is 420 g/mol. The summed E-state index contributed by atoms with van der Waals surface area (Å²) in [7, 11) is 3.17. The summed E-state index contributed by atoms with van der Waals surface area (Å²) in [5, 5.41) is 1.62. The molecule has 0 N–H and O–H groups in total. The van der Waals surface area contributed by atoms with Gasteiger partial charge in [0.05, 0.1) is 19.9 Å². The Hall–Kier alpha value is -3.19. The minimum absolute atomic E-state index is 0.174. The second-order valence-electron chi connectivity index (χ2n) is 7.18. The second kappa shape index (κ2) is 7.25. The highest BCUT2D eigenvalue weighted by molar-refractivity contribution is 7.99. The molecule has 2 aliphatic heterocycles. The summed E-state index contributed by atoms with van der Waals surface area (Å²) in [6.07, 6.45) is 0. The van der Waals surface area contributed by atoms with Gasteiger partial charge in [0.2, 0.25) is 0 Å². The standard InChI is InChI=1S/C23H20N2O4S/c1-28-19-11-10-15(12-20(19)29-2)22-25-18(13-30-22)21(26)24(23(25)27)17-9-5-7-14-6-3-4-8-16(14)17/h3-12,18,22H,13H2,1-2H3/t18-,22-/m1/s1. The molecule has 5 rings (SSSR count). The Balaban J connectivity index is 1.54. The summed E-state index contributed by atoms with van der Waals surface area (Å²) < 4.78 is 10.7. The molecular weight excluding hydrogens is 400 g/mol. The van der Waals surface area contributed by atoms with E-state index in [1.165, 1.54) is 4.90 Å². The van der Waals surface area contributed by atoms with Gasteiger partial charge in [0.15, 0.2) is 11.5 Å². The number of hydrogen-bond acceptors (Lipinski definition) is 5. The van der Waals surface area contributed by atoms with Crippen molar-refractivity contribution in [3.63, 3.8) is 0 Å². The quantitative estimate of drug-likeness (QED) is 0.584. The fraction of sp³-hybridized carbons (Fsp3) is 0.217. The summed E-state index contributed by atoms with van der Waals surface area (Å²) >= 11 is 1.59. The zero-order valence-corrected chi connectivity index (χ0v) is 17.4. The molecule has 2 heterocycles. The van der Waals surface area contributed by atoms with Crippen LogP contribution in [-0.4, -0.2) is 42.9 Å². The van der Waals surface area contributed by atoms with Crippen LogP contribution in [-0.2, 0) is 4.79 Å². The lowest BCUT2D eigenvalue weighted by atomic mass is 10.1. The molecule has 2 atom stereocenters. The Bertz CT molecular complexity index is 1160. The highest BCUT2D eigenvalue weighted by atomic mass is 32.2. The molecular formula is C23H20N2O4S. The first kappa shape index (κ1) is 18.8. The highest BCUT2D eigenvalue weighted by Crippen LogP contribution is 2.48. The van der Waals surface area contributed by atoms with Crippen LogP contribution in [0.2, 0.25) is 0 Å². The van der Waals surface area contributed by atoms with Crippen molar-refractivity contribution in [1.29, 1.82) is 0 Å². The Morgan fingerprint density at radius 2 is 1.70 bits per heavy atom. The lowest BCUT2D eigenvalue weighted by Gasteiger charge is -2.24. The zero-order valence-electron chi connectivity index (χ0n) is 16.6. The normalized spacial score (nSPS) is 20.7. The Kier molecular flexibility index (Phi) is 4.55. The first-order chi connectivity index (χ1) is 14.6. The van der Waals surface area contributed by atoms with Gasteiger partial charge >= 0.3 is 6.03 Å². The number of thioether (sulfide) groups is 1. The highest BCUT2D eigenvalue weighted by Gasteiger charge is 2.53. The van der Waals surface area contributed by atoms with Crippen molar-refractivity contribution in [3.05, 3.63) is 66.2 Å². The van der Waals surface area contributed by atoms with E-state index in [0.717, 1.165) is 16.3 Å². The van der Waals surface area contributed by atoms with Gasteiger partial charge in [-0.15, -0.1) is 11.8 Å². The van der Waals surface area contributed by atoms with E-state index in [0.29, 0.717) is 22.9 Å². The van der Waals surface area contributed by atoms with Crippen molar-refractivity contribution >= 4 is 40.2 Å². The molecule has 30 heavy (non-hydrogen) atoms. The maximum Gasteiger partial charge on any atom is 0.333 e. The fourth-order valence-corrected chi connectivity index (χ4v) is 5.58. The van der Waals surface area contributed by atoms with Gasteiger partial charge < -0.3 is 9.47 Å². The number of carbonyl (C=O) groups is 2. The molecule has 0 spiro atoms. The van der Waals surface area contributed by atoms with Crippen LogP contribution < -0.4 is 14.4 Å². The lowest BCUT2D eigenvalue weighted by molar-refractivity contribution is -0.119. The van der Waals surface area contributed by atoms with E-state index in [4.69, 9.17) is 9.47 Å². The zero-order chi connectivity index (χ0) is 20.8. The molecule has 7 heteroatoms. The van der Waals surface area contributed by atoms with Crippen LogP contribution in [0.3, 0.4) is 0 Å². The molecule has 2 saturated heterocycles. The maximum atomic E-state index is 13.5. The number of hydrogen-bond donors (Lipinski definition) is 0. The Morgan fingerprint density at radius 3 is 2.50 bits per heavy atom. The first-order valence-electron chi connectivity index (χ1n) is 9.61. The number of anilines is 1. The SMILES string of the molecule is COc1ccc([C@H]2SC[C@@H]3C(=O)N(c4cccc5ccccc45)C(=O)N32)cc1OC. The number of fused-ring (bicyclic) bond motifs is 2. The van der Waals surface area contributed by atoms with Crippen molar-refractivity contribution in [1.82, 2.24) is 4.90 Å². The van der Waals surface area contributed by atoms with Gasteiger partial charge in [-0.2, -0.15) is 0 Å². The predicted molar refractivity (Wildman–Crippen MR) is 117 cm³/mol. The topological polar surface area (TPSA) is 59.1 Å². The fourth-order valence-electron chi connectivity index (χ4n) is 4.18. The summed E-state index contributed by atoms with van der Waals surface area (Å²) in [6, 6.07) is 18.3. The molecule has 2 aliphatic rings. The van der Waals surface area contributed by atoms with Gasteiger partial charge in [-0.1, -0.05) is 42.5 Å². The molecule has 6 nitrogen and oxygen atoms in total. The molecule has 0 unspecified atom stereocenters. The van der Waals surface area contributed by atoms with Crippen molar-refractivity contribution in [3.8, 4) is 11.5 Å². The van der Waals surface area contributed by atoms with Gasteiger partial charge in [-0.25, -0.2) is 9.69 Å². The van der Waals surface area contributed by atoms with E-state index in [9.17, 15) is 9.59 Å². The third kappa shape index (κ3) is 2.73.